The predicted molar refractivity (Wildman–Crippen MR) is 66.5 cm³/mol. The summed E-state index contributed by atoms with van der Waals surface area (Å²) in [6, 6.07) is 7.30. The Labute approximate surface area is 110 Å². The molecular weight excluding hydrogens is 246 g/mol. The predicted octanol–water partition coefficient (Wildman–Crippen LogP) is 0.0569. The van der Waals surface area contributed by atoms with Crippen molar-refractivity contribution in [2.45, 2.75) is 6.04 Å². The van der Waals surface area contributed by atoms with Gasteiger partial charge in [-0.3, -0.25) is 4.79 Å². The van der Waals surface area contributed by atoms with E-state index in [0.717, 1.165) is 0 Å². The second-order valence-electron chi connectivity index (χ2n) is 4.25. The van der Waals surface area contributed by atoms with Crippen LogP contribution in [0.4, 0.5) is 0 Å². The number of nitrogens with one attached hydrogen (secondary N) is 1. The molecule has 1 saturated heterocycles. The van der Waals surface area contributed by atoms with Crippen molar-refractivity contribution in [2.75, 3.05) is 19.6 Å². The van der Waals surface area contributed by atoms with Crippen LogP contribution in [-0.2, 0) is 4.79 Å². The van der Waals surface area contributed by atoms with Gasteiger partial charge in [-0.1, -0.05) is 0 Å². The molecule has 6 heteroatoms. The number of hydrogen-bond donors (Lipinski definition) is 2. The molecule has 0 radical (unpaired) electrons. The largest absolute Gasteiger partial charge is 0.480 e. The fourth-order valence-electron chi connectivity index (χ4n) is 2.02. The number of carboxylic acids is 1. The van der Waals surface area contributed by atoms with E-state index in [9.17, 15) is 9.59 Å². The van der Waals surface area contributed by atoms with Crippen LogP contribution in [-0.4, -0.2) is 47.6 Å². The summed E-state index contributed by atoms with van der Waals surface area (Å²) in [5.74, 6) is -1.34. The third kappa shape index (κ3) is 2.72. The molecule has 1 heterocycles. The van der Waals surface area contributed by atoms with Gasteiger partial charge in [0.15, 0.2) is 0 Å². The second kappa shape index (κ2) is 5.50. The fourth-order valence-corrected chi connectivity index (χ4v) is 2.02. The number of carboxylic acid groups (broad SMARTS) is 1. The molecule has 1 fully saturated rings. The SMILES string of the molecule is N#Cc1ccc(C(=O)N2CCNCC2C(=O)O)cc1. The van der Waals surface area contributed by atoms with E-state index in [4.69, 9.17) is 10.4 Å². The van der Waals surface area contributed by atoms with E-state index in [-0.39, 0.29) is 12.5 Å². The summed E-state index contributed by atoms with van der Waals surface area (Å²) in [7, 11) is 0. The Morgan fingerprint density at radius 2 is 2.05 bits per heavy atom. The molecule has 6 nitrogen and oxygen atoms in total. The number of piperazine rings is 1. The zero-order valence-electron chi connectivity index (χ0n) is 10.2. The highest BCUT2D eigenvalue weighted by Crippen LogP contribution is 2.12. The van der Waals surface area contributed by atoms with Crippen molar-refractivity contribution in [1.29, 1.82) is 5.26 Å². The summed E-state index contributed by atoms with van der Waals surface area (Å²) in [6.45, 7) is 1.18. The fraction of sp³-hybridized carbons (Fsp3) is 0.308. The van der Waals surface area contributed by atoms with Crippen molar-refractivity contribution >= 4 is 11.9 Å². The molecule has 98 valence electrons. The van der Waals surface area contributed by atoms with Gasteiger partial charge in [0.2, 0.25) is 0 Å². The number of aliphatic carboxylic acids is 1. The van der Waals surface area contributed by atoms with Crippen molar-refractivity contribution in [3.63, 3.8) is 0 Å². The van der Waals surface area contributed by atoms with Gasteiger partial charge in [0, 0.05) is 25.2 Å². The van der Waals surface area contributed by atoms with Crippen molar-refractivity contribution in [2.24, 2.45) is 0 Å². The van der Waals surface area contributed by atoms with E-state index >= 15 is 0 Å². The third-order valence-corrected chi connectivity index (χ3v) is 3.05. The molecule has 2 N–H and O–H groups in total. The smallest absolute Gasteiger partial charge is 0.327 e. The van der Waals surface area contributed by atoms with E-state index in [1.54, 1.807) is 24.3 Å². The zero-order chi connectivity index (χ0) is 13.8. The lowest BCUT2D eigenvalue weighted by molar-refractivity contribution is -0.142. The van der Waals surface area contributed by atoms with Gasteiger partial charge in [-0.05, 0) is 24.3 Å². The van der Waals surface area contributed by atoms with Crippen molar-refractivity contribution in [3.05, 3.63) is 35.4 Å². The van der Waals surface area contributed by atoms with Gasteiger partial charge in [0.25, 0.3) is 5.91 Å². The normalized spacial score (nSPS) is 18.7. The minimum absolute atomic E-state index is 0.247. The average Bonchev–Trinajstić information content (AvgIpc) is 2.46. The molecule has 0 spiro atoms. The standard InChI is InChI=1S/C13H13N3O3/c14-7-9-1-3-10(4-2-9)12(17)16-6-5-15-8-11(16)13(18)19/h1-4,11,15H,5-6,8H2,(H,18,19). The lowest BCUT2D eigenvalue weighted by atomic mass is 10.1. The Bertz CT molecular complexity index is 533. The number of rotatable bonds is 2. The molecule has 1 aromatic rings. The average molecular weight is 259 g/mol. The lowest BCUT2D eigenvalue weighted by Crippen LogP contribution is -2.56. The first kappa shape index (κ1) is 13.1. The highest BCUT2D eigenvalue weighted by atomic mass is 16.4. The molecule has 1 aliphatic heterocycles. The summed E-state index contributed by atoms with van der Waals surface area (Å²) in [6.07, 6.45) is 0. The molecule has 1 aromatic carbocycles. The molecule has 1 amide bonds. The molecule has 0 bridgehead atoms. The summed E-state index contributed by atoms with van der Waals surface area (Å²) in [5.41, 5.74) is 0.860. The van der Waals surface area contributed by atoms with E-state index in [2.05, 4.69) is 5.32 Å². The van der Waals surface area contributed by atoms with Gasteiger partial charge in [0.1, 0.15) is 6.04 Å². The van der Waals surface area contributed by atoms with Gasteiger partial charge in [-0.15, -0.1) is 0 Å². The number of amides is 1. The van der Waals surface area contributed by atoms with Crippen LogP contribution < -0.4 is 5.32 Å². The van der Waals surface area contributed by atoms with E-state index < -0.39 is 12.0 Å². The molecule has 0 aromatic heterocycles. The number of carbonyl (C=O) groups is 2. The van der Waals surface area contributed by atoms with Crippen LogP contribution in [0, 0.1) is 11.3 Å². The Kier molecular flexibility index (Phi) is 3.78. The quantitative estimate of drug-likeness (QED) is 0.783. The summed E-state index contributed by atoms with van der Waals surface area (Å²) in [4.78, 5) is 24.7. The number of hydrogen-bond acceptors (Lipinski definition) is 4. The highest BCUT2D eigenvalue weighted by molar-refractivity contribution is 5.96. The topological polar surface area (TPSA) is 93.4 Å². The monoisotopic (exact) mass is 259 g/mol. The molecule has 0 saturated carbocycles. The Morgan fingerprint density at radius 1 is 1.37 bits per heavy atom. The lowest BCUT2D eigenvalue weighted by Gasteiger charge is -2.33. The second-order valence-corrected chi connectivity index (χ2v) is 4.25. The number of nitrogens with zero attached hydrogens (tertiary/aromatic N) is 2. The Morgan fingerprint density at radius 3 is 2.63 bits per heavy atom. The summed E-state index contributed by atoms with van der Waals surface area (Å²) < 4.78 is 0. The molecule has 1 unspecified atom stereocenters. The molecule has 1 atom stereocenters. The molecule has 2 rings (SSSR count). The van der Waals surface area contributed by atoms with E-state index in [1.807, 2.05) is 6.07 Å². The van der Waals surface area contributed by atoms with E-state index in [1.165, 1.54) is 4.90 Å². The van der Waals surface area contributed by atoms with Crippen LogP contribution in [0.15, 0.2) is 24.3 Å². The minimum Gasteiger partial charge on any atom is -0.480 e. The van der Waals surface area contributed by atoms with Crippen LogP contribution >= 0.6 is 0 Å². The third-order valence-electron chi connectivity index (χ3n) is 3.05. The first-order valence-electron chi connectivity index (χ1n) is 5.88. The van der Waals surface area contributed by atoms with Gasteiger partial charge in [0.05, 0.1) is 11.6 Å². The van der Waals surface area contributed by atoms with E-state index in [0.29, 0.717) is 24.2 Å². The number of carbonyl (C=O) groups excluding carboxylic acids is 1. The maximum absolute atomic E-state index is 12.3. The highest BCUT2D eigenvalue weighted by Gasteiger charge is 2.32. The maximum atomic E-state index is 12.3. The van der Waals surface area contributed by atoms with Crippen LogP contribution in [0.5, 0.6) is 0 Å². The first-order valence-corrected chi connectivity index (χ1v) is 5.88. The maximum Gasteiger partial charge on any atom is 0.327 e. The van der Waals surface area contributed by atoms with Crippen molar-refractivity contribution in [3.8, 4) is 6.07 Å². The van der Waals surface area contributed by atoms with Gasteiger partial charge >= 0.3 is 5.97 Å². The van der Waals surface area contributed by atoms with Crippen LogP contribution in [0.25, 0.3) is 0 Å². The van der Waals surface area contributed by atoms with Crippen LogP contribution in [0.1, 0.15) is 15.9 Å². The minimum atomic E-state index is -1.02. The van der Waals surface area contributed by atoms with Gasteiger partial charge < -0.3 is 15.3 Å². The molecule has 0 aliphatic carbocycles. The van der Waals surface area contributed by atoms with Crippen LogP contribution in [0.2, 0.25) is 0 Å². The van der Waals surface area contributed by atoms with Gasteiger partial charge in [-0.2, -0.15) is 5.26 Å². The summed E-state index contributed by atoms with van der Waals surface area (Å²) >= 11 is 0. The van der Waals surface area contributed by atoms with Crippen LogP contribution in [0.3, 0.4) is 0 Å². The Hall–Kier alpha value is -2.39. The molecule has 1 aliphatic rings. The summed E-state index contributed by atoms with van der Waals surface area (Å²) in [5, 5.41) is 20.8. The van der Waals surface area contributed by atoms with Crippen molar-refractivity contribution in [1.82, 2.24) is 10.2 Å². The zero-order valence-corrected chi connectivity index (χ0v) is 10.2. The molecular formula is C13H13N3O3. The van der Waals surface area contributed by atoms with Gasteiger partial charge in [-0.25, -0.2) is 4.79 Å². The van der Waals surface area contributed by atoms with Crippen molar-refractivity contribution < 1.29 is 14.7 Å². The molecule has 19 heavy (non-hydrogen) atoms. The number of nitriles is 1. The number of benzene rings is 1. The first-order chi connectivity index (χ1) is 9.13. The Balaban J connectivity index is 2.21.